The lowest BCUT2D eigenvalue weighted by Crippen LogP contribution is -2.39. The SMILES string of the molecule is O=C1C=CN2c3ccc(Cl)cc3CC[C@@H]2C1. The second-order valence-corrected chi connectivity index (χ2v) is 4.80. The first-order valence-electron chi connectivity index (χ1n) is 5.52. The molecule has 3 heteroatoms. The highest BCUT2D eigenvalue weighted by molar-refractivity contribution is 6.30. The highest BCUT2D eigenvalue weighted by Crippen LogP contribution is 2.35. The molecule has 2 heterocycles. The van der Waals surface area contributed by atoms with Crippen LogP contribution in [0.1, 0.15) is 18.4 Å². The lowest BCUT2D eigenvalue weighted by molar-refractivity contribution is -0.115. The van der Waals surface area contributed by atoms with E-state index in [4.69, 9.17) is 11.6 Å². The third-order valence-corrected chi connectivity index (χ3v) is 3.55. The molecule has 0 amide bonds. The number of hydrogen-bond donors (Lipinski definition) is 0. The smallest absolute Gasteiger partial charge is 0.159 e. The molecule has 2 aliphatic heterocycles. The van der Waals surface area contributed by atoms with Gasteiger partial charge in [0.15, 0.2) is 5.78 Å². The van der Waals surface area contributed by atoms with Crippen LogP contribution in [0.5, 0.6) is 0 Å². The number of hydrogen-bond acceptors (Lipinski definition) is 2. The van der Waals surface area contributed by atoms with Crippen molar-refractivity contribution in [1.29, 1.82) is 0 Å². The highest BCUT2D eigenvalue weighted by Gasteiger charge is 2.28. The number of carbonyl (C=O) groups is 1. The summed E-state index contributed by atoms with van der Waals surface area (Å²) in [6.07, 6.45) is 6.25. The van der Waals surface area contributed by atoms with E-state index in [1.54, 1.807) is 6.08 Å². The number of fused-ring (bicyclic) bond motifs is 3. The molecule has 0 bridgehead atoms. The summed E-state index contributed by atoms with van der Waals surface area (Å²) in [7, 11) is 0. The van der Waals surface area contributed by atoms with Crippen molar-refractivity contribution >= 4 is 23.1 Å². The van der Waals surface area contributed by atoms with Gasteiger partial charge in [-0.2, -0.15) is 0 Å². The second kappa shape index (κ2) is 3.63. The van der Waals surface area contributed by atoms with Crippen molar-refractivity contribution in [1.82, 2.24) is 0 Å². The lowest BCUT2D eigenvalue weighted by atomic mass is 9.91. The van der Waals surface area contributed by atoms with Crippen LogP contribution in [0.15, 0.2) is 30.5 Å². The predicted octanol–water partition coefficient (Wildman–Crippen LogP) is 2.95. The van der Waals surface area contributed by atoms with Gasteiger partial charge in [0, 0.05) is 29.4 Å². The Hall–Kier alpha value is -1.28. The molecule has 0 unspecified atom stereocenters. The van der Waals surface area contributed by atoms with E-state index in [1.165, 1.54) is 11.3 Å². The van der Waals surface area contributed by atoms with E-state index in [1.807, 2.05) is 24.4 Å². The number of ketones is 1. The number of rotatable bonds is 0. The van der Waals surface area contributed by atoms with Crippen LogP contribution in [-0.2, 0) is 11.2 Å². The molecule has 0 aromatic heterocycles. The van der Waals surface area contributed by atoms with Crippen molar-refractivity contribution in [2.24, 2.45) is 0 Å². The van der Waals surface area contributed by atoms with E-state index in [0.29, 0.717) is 12.5 Å². The summed E-state index contributed by atoms with van der Waals surface area (Å²) in [4.78, 5) is 13.6. The van der Waals surface area contributed by atoms with Gasteiger partial charge in [0.25, 0.3) is 0 Å². The number of anilines is 1. The Balaban J connectivity index is 2.06. The van der Waals surface area contributed by atoms with E-state index in [2.05, 4.69) is 4.90 Å². The van der Waals surface area contributed by atoms with Crippen LogP contribution in [0.25, 0.3) is 0 Å². The molecule has 0 saturated carbocycles. The minimum absolute atomic E-state index is 0.235. The number of halogens is 1. The first-order chi connectivity index (χ1) is 7.74. The monoisotopic (exact) mass is 233 g/mol. The van der Waals surface area contributed by atoms with E-state index >= 15 is 0 Å². The molecule has 2 aliphatic rings. The van der Waals surface area contributed by atoms with Gasteiger partial charge in [-0.3, -0.25) is 4.79 Å². The van der Waals surface area contributed by atoms with Crippen molar-refractivity contribution < 1.29 is 4.79 Å². The summed E-state index contributed by atoms with van der Waals surface area (Å²) in [6, 6.07) is 6.32. The summed E-state index contributed by atoms with van der Waals surface area (Å²) in [5.74, 6) is 0.235. The topological polar surface area (TPSA) is 20.3 Å². The number of allylic oxidation sites excluding steroid dienone is 1. The van der Waals surface area contributed by atoms with Crippen LogP contribution >= 0.6 is 11.6 Å². The Morgan fingerprint density at radius 3 is 3.12 bits per heavy atom. The van der Waals surface area contributed by atoms with Crippen molar-refractivity contribution in [3.8, 4) is 0 Å². The second-order valence-electron chi connectivity index (χ2n) is 4.36. The molecular formula is C13H12ClNO. The van der Waals surface area contributed by atoms with Crippen LogP contribution in [0.4, 0.5) is 5.69 Å². The molecule has 1 aromatic rings. The molecule has 0 aliphatic carbocycles. The summed E-state index contributed by atoms with van der Waals surface area (Å²) in [5.41, 5.74) is 2.48. The average molecular weight is 234 g/mol. The number of aryl methyl sites for hydroxylation is 1. The molecular weight excluding hydrogens is 222 g/mol. The van der Waals surface area contributed by atoms with E-state index in [0.717, 1.165) is 17.9 Å². The van der Waals surface area contributed by atoms with Gasteiger partial charge in [-0.05, 0) is 42.7 Å². The van der Waals surface area contributed by atoms with Gasteiger partial charge in [0.2, 0.25) is 0 Å². The molecule has 0 radical (unpaired) electrons. The molecule has 1 atom stereocenters. The van der Waals surface area contributed by atoms with Crippen molar-refractivity contribution in [2.45, 2.75) is 25.3 Å². The zero-order chi connectivity index (χ0) is 11.1. The maximum absolute atomic E-state index is 11.3. The summed E-state index contributed by atoms with van der Waals surface area (Å²) in [5, 5.41) is 0.786. The van der Waals surface area contributed by atoms with Crippen LogP contribution in [0.3, 0.4) is 0 Å². The zero-order valence-corrected chi connectivity index (χ0v) is 9.57. The average Bonchev–Trinajstić information content (AvgIpc) is 2.28. The molecule has 1 aromatic carbocycles. The number of carbonyl (C=O) groups excluding carboxylic acids is 1. The Morgan fingerprint density at radius 2 is 2.25 bits per heavy atom. The van der Waals surface area contributed by atoms with Gasteiger partial charge in [-0.1, -0.05) is 11.6 Å². The van der Waals surface area contributed by atoms with Gasteiger partial charge < -0.3 is 4.90 Å². The molecule has 3 rings (SSSR count). The van der Waals surface area contributed by atoms with Crippen LogP contribution in [-0.4, -0.2) is 11.8 Å². The minimum atomic E-state index is 0.235. The first kappa shape index (κ1) is 9.91. The van der Waals surface area contributed by atoms with Gasteiger partial charge in [0.1, 0.15) is 0 Å². The maximum atomic E-state index is 11.3. The Bertz CT molecular complexity index is 481. The van der Waals surface area contributed by atoms with E-state index in [-0.39, 0.29) is 5.78 Å². The van der Waals surface area contributed by atoms with E-state index < -0.39 is 0 Å². The molecule has 0 fully saturated rings. The molecule has 0 saturated heterocycles. The zero-order valence-electron chi connectivity index (χ0n) is 8.82. The van der Waals surface area contributed by atoms with Crippen LogP contribution < -0.4 is 4.90 Å². The lowest BCUT2D eigenvalue weighted by Gasteiger charge is -2.38. The normalized spacial score (nSPS) is 22.9. The van der Waals surface area contributed by atoms with Crippen molar-refractivity contribution in [3.05, 3.63) is 41.1 Å². The minimum Gasteiger partial charge on any atom is -0.344 e. The third kappa shape index (κ3) is 1.54. The van der Waals surface area contributed by atoms with Gasteiger partial charge in [-0.25, -0.2) is 0 Å². The Labute approximate surface area is 99.5 Å². The van der Waals surface area contributed by atoms with Crippen molar-refractivity contribution in [3.63, 3.8) is 0 Å². The number of nitrogens with zero attached hydrogens (tertiary/aromatic N) is 1. The number of benzene rings is 1. The predicted molar refractivity (Wildman–Crippen MR) is 64.8 cm³/mol. The fraction of sp³-hybridized carbons (Fsp3) is 0.308. The standard InChI is InChI=1S/C13H12ClNO/c14-10-2-4-13-9(7-10)1-3-11-8-12(16)5-6-15(11)13/h2,4-7,11H,1,3,8H2/t11-/m1/s1. The molecule has 2 nitrogen and oxygen atoms in total. The highest BCUT2D eigenvalue weighted by atomic mass is 35.5. The van der Waals surface area contributed by atoms with Crippen molar-refractivity contribution in [2.75, 3.05) is 4.90 Å². The van der Waals surface area contributed by atoms with Gasteiger partial charge in [0.05, 0.1) is 0 Å². The fourth-order valence-electron chi connectivity index (χ4n) is 2.53. The summed E-state index contributed by atoms with van der Waals surface area (Å²) in [6.45, 7) is 0. The summed E-state index contributed by atoms with van der Waals surface area (Å²) >= 11 is 5.98. The quantitative estimate of drug-likeness (QED) is 0.687. The Kier molecular flexibility index (Phi) is 2.25. The fourth-order valence-corrected chi connectivity index (χ4v) is 2.72. The molecule has 16 heavy (non-hydrogen) atoms. The third-order valence-electron chi connectivity index (χ3n) is 3.32. The molecule has 0 N–H and O–H groups in total. The Morgan fingerprint density at radius 1 is 1.38 bits per heavy atom. The summed E-state index contributed by atoms with van der Waals surface area (Å²) < 4.78 is 0. The van der Waals surface area contributed by atoms with Gasteiger partial charge >= 0.3 is 0 Å². The van der Waals surface area contributed by atoms with Crippen LogP contribution in [0.2, 0.25) is 5.02 Å². The largest absolute Gasteiger partial charge is 0.344 e. The van der Waals surface area contributed by atoms with Gasteiger partial charge in [-0.15, -0.1) is 0 Å². The molecule has 0 spiro atoms. The maximum Gasteiger partial charge on any atom is 0.159 e. The molecule has 82 valence electrons. The van der Waals surface area contributed by atoms with Crippen LogP contribution in [0, 0.1) is 0 Å². The first-order valence-corrected chi connectivity index (χ1v) is 5.89. The van der Waals surface area contributed by atoms with E-state index in [9.17, 15) is 4.79 Å².